The minimum absolute atomic E-state index is 0.157. The van der Waals surface area contributed by atoms with Gasteiger partial charge in [0.1, 0.15) is 0 Å². The molecule has 2 aliphatic rings. The first-order chi connectivity index (χ1) is 10.9. The number of alkyl halides is 3. The Labute approximate surface area is 135 Å². The third kappa shape index (κ3) is 3.93. The summed E-state index contributed by atoms with van der Waals surface area (Å²) in [5, 5.41) is 0. The van der Waals surface area contributed by atoms with Crippen molar-refractivity contribution in [2.45, 2.75) is 64.1 Å². The zero-order valence-corrected chi connectivity index (χ0v) is 13.4. The maximum atomic E-state index is 12.8. The molecule has 2 nitrogen and oxygen atoms in total. The molecule has 0 atom stereocenters. The van der Waals surface area contributed by atoms with Crippen molar-refractivity contribution in [3.05, 3.63) is 23.3 Å². The molecule has 0 radical (unpaired) electrons. The zero-order chi connectivity index (χ0) is 16.4. The Hall–Kier alpha value is -1.39. The van der Waals surface area contributed by atoms with E-state index in [1.54, 1.807) is 13.0 Å². The van der Waals surface area contributed by atoms with E-state index in [0.29, 0.717) is 24.0 Å². The molecule has 0 amide bonds. The first kappa shape index (κ1) is 16.5. The van der Waals surface area contributed by atoms with Gasteiger partial charge in [-0.2, -0.15) is 0 Å². The number of ether oxygens (including phenoxy) is 2. The van der Waals surface area contributed by atoms with Crippen molar-refractivity contribution in [3.63, 3.8) is 0 Å². The summed E-state index contributed by atoms with van der Waals surface area (Å²) in [7, 11) is 0. The van der Waals surface area contributed by atoms with Crippen LogP contribution in [0.1, 0.15) is 62.0 Å². The monoisotopic (exact) mass is 328 g/mol. The van der Waals surface area contributed by atoms with E-state index >= 15 is 0 Å². The van der Waals surface area contributed by atoms with Gasteiger partial charge in [-0.3, -0.25) is 0 Å². The molecule has 0 saturated heterocycles. The predicted octanol–water partition coefficient (Wildman–Crippen LogP) is 5.73. The van der Waals surface area contributed by atoms with Crippen molar-refractivity contribution in [1.82, 2.24) is 0 Å². The topological polar surface area (TPSA) is 18.5 Å². The first-order valence-electron chi connectivity index (χ1n) is 8.46. The van der Waals surface area contributed by atoms with Crippen molar-refractivity contribution in [2.24, 2.45) is 5.92 Å². The Morgan fingerprint density at radius 1 is 1.09 bits per heavy atom. The lowest BCUT2D eigenvalue weighted by atomic mass is 9.78. The van der Waals surface area contributed by atoms with Crippen LogP contribution in [0.25, 0.3) is 0 Å². The minimum Gasteiger partial charge on any atom is -0.490 e. The summed E-state index contributed by atoms with van der Waals surface area (Å²) >= 11 is 0. The third-order valence-corrected chi connectivity index (χ3v) is 5.18. The van der Waals surface area contributed by atoms with Gasteiger partial charge in [0.25, 0.3) is 0 Å². The standard InChI is InChI=1S/C18H23F3O2/c1-12-15(14-6-3-7-14)8-9-16(17(12)23-18(19,20)21)22-11-10-13-4-2-5-13/h8-9,13-14H,2-7,10-11H2,1H3. The highest BCUT2D eigenvalue weighted by Gasteiger charge is 2.35. The lowest BCUT2D eigenvalue weighted by Crippen LogP contribution is -2.20. The second-order valence-corrected chi connectivity index (χ2v) is 6.72. The molecule has 5 heteroatoms. The summed E-state index contributed by atoms with van der Waals surface area (Å²) in [5.41, 5.74) is 1.52. The minimum atomic E-state index is -4.70. The Morgan fingerprint density at radius 3 is 2.30 bits per heavy atom. The smallest absolute Gasteiger partial charge is 0.490 e. The Kier molecular flexibility index (Phi) is 4.74. The van der Waals surface area contributed by atoms with Crippen LogP contribution < -0.4 is 9.47 Å². The van der Waals surface area contributed by atoms with Gasteiger partial charge in [0, 0.05) is 0 Å². The predicted molar refractivity (Wildman–Crippen MR) is 81.9 cm³/mol. The fraction of sp³-hybridized carbons (Fsp3) is 0.667. The van der Waals surface area contributed by atoms with Gasteiger partial charge in [-0.05, 0) is 55.2 Å². The fourth-order valence-corrected chi connectivity index (χ4v) is 3.32. The highest BCUT2D eigenvalue weighted by Crippen LogP contribution is 2.44. The summed E-state index contributed by atoms with van der Waals surface area (Å²) in [6.07, 6.45) is 3.07. The normalized spacial score (nSPS) is 19.1. The molecule has 1 aromatic carbocycles. The van der Waals surface area contributed by atoms with E-state index in [9.17, 15) is 13.2 Å². The van der Waals surface area contributed by atoms with E-state index in [0.717, 1.165) is 31.2 Å². The molecule has 2 fully saturated rings. The molecule has 0 aliphatic heterocycles. The van der Waals surface area contributed by atoms with Crippen molar-refractivity contribution < 1.29 is 22.6 Å². The number of rotatable bonds is 6. The molecule has 0 bridgehead atoms. The molecule has 1 aromatic rings. The van der Waals surface area contributed by atoms with Crippen LogP contribution >= 0.6 is 0 Å². The summed E-state index contributed by atoms with van der Waals surface area (Å²) in [4.78, 5) is 0. The van der Waals surface area contributed by atoms with E-state index in [2.05, 4.69) is 4.74 Å². The summed E-state index contributed by atoms with van der Waals surface area (Å²) in [5.74, 6) is 1.07. The van der Waals surface area contributed by atoms with Gasteiger partial charge < -0.3 is 9.47 Å². The maximum Gasteiger partial charge on any atom is 0.573 e. The lowest BCUT2D eigenvalue weighted by molar-refractivity contribution is -0.275. The van der Waals surface area contributed by atoms with E-state index in [1.165, 1.54) is 19.3 Å². The van der Waals surface area contributed by atoms with Gasteiger partial charge >= 0.3 is 6.36 Å². The van der Waals surface area contributed by atoms with Crippen molar-refractivity contribution >= 4 is 0 Å². The average Bonchev–Trinajstić information content (AvgIpc) is 2.35. The van der Waals surface area contributed by atoms with Gasteiger partial charge in [-0.25, -0.2) is 0 Å². The Bertz CT molecular complexity index is 546. The number of hydrogen-bond donors (Lipinski definition) is 0. The quantitative estimate of drug-likeness (QED) is 0.664. The summed E-state index contributed by atoms with van der Waals surface area (Å²) < 4.78 is 48.2. The van der Waals surface area contributed by atoms with Crippen LogP contribution in [0.3, 0.4) is 0 Å². The highest BCUT2D eigenvalue weighted by atomic mass is 19.4. The fourth-order valence-electron chi connectivity index (χ4n) is 3.32. The molecule has 2 aliphatic carbocycles. The molecular formula is C18H23F3O2. The van der Waals surface area contributed by atoms with E-state index in [-0.39, 0.29) is 11.5 Å². The molecule has 0 unspecified atom stereocenters. The van der Waals surface area contributed by atoms with Crippen LogP contribution in [0.4, 0.5) is 13.2 Å². The van der Waals surface area contributed by atoms with Crippen LogP contribution in [0.2, 0.25) is 0 Å². The van der Waals surface area contributed by atoms with Crippen LogP contribution in [0.5, 0.6) is 11.5 Å². The second kappa shape index (κ2) is 6.62. The largest absolute Gasteiger partial charge is 0.573 e. The van der Waals surface area contributed by atoms with Gasteiger partial charge in [0.05, 0.1) is 6.61 Å². The number of halogens is 3. The molecule has 0 N–H and O–H groups in total. The SMILES string of the molecule is Cc1c(C2CCC2)ccc(OCCC2CCC2)c1OC(F)(F)F. The van der Waals surface area contributed by atoms with Crippen LogP contribution in [-0.4, -0.2) is 13.0 Å². The van der Waals surface area contributed by atoms with Gasteiger partial charge in [-0.1, -0.05) is 31.7 Å². The highest BCUT2D eigenvalue weighted by molar-refractivity contribution is 5.51. The van der Waals surface area contributed by atoms with Crippen LogP contribution in [0, 0.1) is 12.8 Å². The molecule has 2 saturated carbocycles. The number of benzene rings is 1. The van der Waals surface area contributed by atoms with Crippen molar-refractivity contribution in [3.8, 4) is 11.5 Å². The van der Waals surface area contributed by atoms with E-state index in [4.69, 9.17) is 4.74 Å². The summed E-state index contributed by atoms with van der Waals surface area (Å²) in [6, 6.07) is 3.55. The Balaban J connectivity index is 1.76. The van der Waals surface area contributed by atoms with Crippen LogP contribution in [-0.2, 0) is 0 Å². The molecule has 128 valence electrons. The van der Waals surface area contributed by atoms with Gasteiger partial charge in [0.15, 0.2) is 11.5 Å². The average molecular weight is 328 g/mol. The molecule has 3 rings (SSSR count). The summed E-state index contributed by atoms with van der Waals surface area (Å²) in [6.45, 7) is 2.15. The van der Waals surface area contributed by atoms with E-state index in [1.807, 2.05) is 6.07 Å². The number of hydrogen-bond acceptors (Lipinski definition) is 2. The van der Waals surface area contributed by atoms with Crippen molar-refractivity contribution in [1.29, 1.82) is 0 Å². The molecular weight excluding hydrogens is 305 g/mol. The third-order valence-electron chi connectivity index (χ3n) is 5.18. The van der Waals surface area contributed by atoms with Crippen LogP contribution in [0.15, 0.2) is 12.1 Å². The zero-order valence-electron chi connectivity index (χ0n) is 13.4. The lowest BCUT2D eigenvalue weighted by Gasteiger charge is -2.29. The molecule has 23 heavy (non-hydrogen) atoms. The Morgan fingerprint density at radius 2 is 1.78 bits per heavy atom. The first-order valence-corrected chi connectivity index (χ1v) is 8.46. The molecule has 0 aromatic heterocycles. The molecule has 0 spiro atoms. The van der Waals surface area contributed by atoms with E-state index < -0.39 is 6.36 Å². The maximum absolute atomic E-state index is 12.8. The van der Waals surface area contributed by atoms with Gasteiger partial charge in [-0.15, -0.1) is 13.2 Å². The van der Waals surface area contributed by atoms with Crippen molar-refractivity contribution in [2.75, 3.05) is 6.61 Å². The molecule has 0 heterocycles. The van der Waals surface area contributed by atoms with Gasteiger partial charge in [0.2, 0.25) is 0 Å². The second-order valence-electron chi connectivity index (χ2n) is 6.72.